The molecule has 15 heavy (non-hydrogen) atoms. The van der Waals surface area contributed by atoms with Gasteiger partial charge in [-0.3, -0.25) is 0 Å². The third kappa shape index (κ3) is 2.11. The summed E-state index contributed by atoms with van der Waals surface area (Å²) < 4.78 is 0. The number of nitrogens with zero attached hydrogens (tertiary/aromatic N) is 2. The van der Waals surface area contributed by atoms with Crippen molar-refractivity contribution in [2.24, 2.45) is 0 Å². The van der Waals surface area contributed by atoms with E-state index in [1.165, 1.54) is 5.69 Å². The van der Waals surface area contributed by atoms with Gasteiger partial charge >= 0.3 is 0 Å². The van der Waals surface area contributed by atoms with E-state index in [0.717, 1.165) is 25.2 Å². The zero-order chi connectivity index (χ0) is 10.7. The van der Waals surface area contributed by atoms with Gasteiger partial charge < -0.3 is 10.2 Å². The van der Waals surface area contributed by atoms with Crippen LogP contribution in [-0.4, -0.2) is 25.7 Å². The molecule has 0 aromatic heterocycles. The minimum absolute atomic E-state index is 0.520. The Morgan fingerprint density at radius 3 is 2.73 bits per heavy atom. The van der Waals surface area contributed by atoms with Crippen molar-refractivity contribution in [3.63, 3.8) is 0 Å². The van der Waals surface area contributed by atoms with Crippen molar-refractivity contribution in [2.75, 3.05) is 24.5 Å². The van der Waals surface area contributed by atoms with Gasteiger partial charge in [-0.05, 0) is 31.2 Å². The van der Waals surface area contributed by atoms with Gasteiger partial charge in [0.15, 0.2) is 0 Å². The van der Waals surface area contributed by atoms with Gasteiger partial charge in [-0.2, -0.15) is 5.26 Å². The van der Waals surface area contributed by atoms with Crippen LogP contribution in [0.4, 0.5) is 5.69 Å². The van der Waals surface area contributed by atoms with Gasteiger partial charge in [-0.1, -0.05) is 0 Å². The number of hydrogen-bond acceptors (Lipinski definition) is 3. The second-order valence-corrected chi connectivity index (χ2v) is 3.91. The van der Waals surface area contributed by atoms with E-state index in [1.807, 2.05) is 24.3 Å². The lowest BCUT2D eigenvalue weighted by Crippen LogP contribution is -2.49. The van der Waals surface area contributed by atoms with Crippen molar-refractivity contribution in [3.8, 4) is 6.07 Å². The van der Waals surface area contributed by atoms with E-state index in [2.05, 4.69) is 23.2 Å². The lowest BCUT2D eigenvalue weighted by molar-refractivity contribution is 0.501. The number of benzene rings is 1. The Hall–Kier alpha value is -1.53. The molecule has 1 N–H and O–H groups in total. The van der Waals surface area contributed by atoms with E-state index in [0.29, 0.717) is 6.04 Å². The molecule has 3 heteroatoms. The first-order valence-corrected chi connectivity index (χ1v) is 5.29. The summed E-state index contributed by atoms with van der Waals surface area (Å²) in [5, 5.41) is 12.1. The molecule has 0 bridgehead atoms. The topological polar surface area (TPSA) is 39.1 Å². The summed E-state index contributed by atoms with van der Waals surface area (Å²) in [7, 11) is 0. The fraction of sp³-hybridized carbons (Fsp3) is 0.417. The van der Waals surface area contributed by atoms with Crippen LogP contribution in [0, 0.1) is 11.3 Å². The second-order valence-electron chi connectivity index (χ2n) is 3.91. The first-order valence-electron chi connectivity index (χ1n) is 5.29. The monoisotopic (exact) mass is 201 g/mol. The highest BCUT2D eigenvalue weighted by molar-refractivity contribution is 5.50. The summed E-state index contributed by atoms with van der Waals surface area (Å²) in [6.07, 6.45) is 0. The van der Waals surface area contributed by atoms with Crippen LogP contribution in [0.2, 0.25) is 0 Å². The molecule has 1 heterocycles. The molecular formula is C12H15N3. The van der Waals surface area contributed by atoms with Crippen LogP contribution in [0.5, 0.6) is 0 Å². The van der Waals surface area contributed by atoms with Gasteiger partial charge in [-0.15, -0.1) is 0 Å². The maximum absolute atomic E-state index is 8.72. The lowest BCUT2D eigenvalue weighted by Gasteiger charge is -2.35. The van der Waals surface area contributed by atoms with Gasteiger partial charge in [0.05, 0.1) is 11.6 Å². The van der Waals surface area contributed by atoms with Crippen molar-refractivity contribution in [3.05, 3.63) is 29.8 Å². The summed E-state index contributed by atoms with van der Waals surface area (Å²) in [6, 6.07) is 10.5. The number of anilines is 1. The molecule has 1 saturated heterocycles. The fourth-order valence-electron chi connectivity index (χ4n) is 1.95. The summed E-state index contributed by atoms with van der Waals surface area (Å²) >= 11 is 0. The summed E-state index contributed by atoms with van der Waals surface area (Å²) in [5.74, 6) is 0. The maximum Gasteiger partial charge on any atom is 0.0991 e. The SMILES string of the molecule is C[C@H]1CNCCN1c1ccc(C#N)cc1. The van der Waals surface area contributed by atoms with Crippen molar-refractivity contribution >= 4 is 5.69 Å². The van der Waals surface area contributed by atoms with E-state index in [-0.39, 0.29) is 0 Å². The smallest absolute Gasteiger partial charge is 0.0991 e. The molecule has 1 atom stereocenters. The van der Waals surface area contributed by atoms with Crippen LogP contribution in [0.3, 0.4) is 0 Å². The number of hydrogen-bond donors (Lipinski definition) is 1. The van der Waals surface area contributed by atoms with Crippen molar-refractivity contribution < 1.29 is 0 Å². The number of piperazine rings is 1. The molecular weight excluding hydrogens is 186 g/mol. The lowest BCUT2D eigenvalue weighted by atomic mass is 10.1. The summed E-state index contributed by atoms with van der Waals surface area (Å²) in [5.41, 5.74) is 1.93. The van der Waals surface area contributed by atoms with E-state index >= 15 is 0 Å². The van der Waals surface area contributed by atoms with Crippen LogP contribution < -0.4 is 10.2 Å². The molecule has 0 spiro atoms. The third-order valence-electron chi connectivity index (χ3n) is 2.83. The van der Waals surface area contributed by atoms with Crippen molar-refractivity contribution in [1.29, 1.82) is 5.26 Å². The molecule has 0 saturated carbocycles. The molecule has 3 nitrogen and oxygen atoms in total. The van der Waals surface area contributed by atoms with Crippen LogP contribution in [0.1, 0.15) is 12.5 Å². The quantitative estimate of drug-likeness (QED) is 0.745. The molecule has 2 rings (SSSR count). The molecule has 0 amide bonds. The molecule has 1 fully saturated rings. The standard InChI is InChI=1S/C12H15N3/c1-10-9-14-6-7-15(10)12-4-2-11(8-13)3-5-12/h2-5,10,14H,6-7,9H2,1H3/t10-/m0/s1. The van der Waals surface area contributed by atoms with Gasteiger partial charge in [0, 0.05) is 31.4 Å². The summed E-state index contributed by atoms with van der Waals surface area (Å²) in [6.45, 7) is 5.31. The molecule has 0 aliphatic carbocycles. The molecule has 0 unspecified atom stereocenters. The Morgan fingerprint density at radius 1 is 1.40 bits per heavy atom. The zero-order valence-corrected chi connectivity index (χ0v) is 8.90. The normalized spacial score (nSPS) is 21.1. The average molecular weight is 201 g/mol. The van der Waals surface area contributed by atoms with Crippen LogP contribution in [-0.2, 0) is 0 Å². The number of nitriles is 1. The van der Waals surface area contributed by atoms with Crippen LogP contribution in [0.15, 0.2) is 24.3 Å². The first-order chi connectivity index (χ1) is 7.31. The Kier molecular flexibility index (Phi) is 2.89. The predicted octanol–water partition coefficient (Wildman–Crippen LogP) is 1.36. The van der Waals surface area contributed by atoms with E-state index in [9.17, 15) is 0 Å². The fourth-order valence-corrected chi connectivity index (χ4v) is 1.95. The van der Waals surface area contributed by atoms with Crippen LogP contribution in [0.25, 0.3) is 0 Å². The predicted molar refractivity (Wildman–Crippen MR) is 60.8 cm³/mol. The van der Waals surface area contributed by atoms with Crippen molar-refractivity contribution in [1.82, 2.24) is 5.32 Å². The molecule has 1 aromatic carbocycles. The van der Waals surface area contributed by atoms with E-state index in [4.69, 9.17) is 5.26 Å². The number of rotatable bonds is 1. The Morgan fingerprint density at radius 2 is 2.13 bits per heavy atom. The Bertz CT molecular complexity index is 363. The zero-order valence-electron chi connectivity index (χ0n) is 8.90. The Balaban J connectivity index is 2.18. The molecule has 1 aromatic rings. The highest BCUT2D eigenvalue weighted by atomic mass is 15.2. The second kappa shape index (κ2) is 4.33. The Labute approximate surface area is 90.3 Å². The van der Waals surface area contributed by atoms with Gasteiger partial charge in [0.1, 0.15) is 0 Å². The van der Waals surface area contributed by atoms with Crippen molar-refractivity contribution in [2.45, 2.75) is 13.0 Å². The summed E-state index contributed by atoms with van der Waals surface area (Å²) in [4.78, 5) is 2.37. The molecule has 0 radical (unpaired) electrons. The van der Waals surface area contributed by atoms with Crippen LogP contribution >= 0.6 is 0 Å². The van der Waals surface area contributed by atoms with E-state index in [1.54, 1.807) is 0 Å². The maximum atomic E-state index is 8.72. The van der Waals surface area contributed by atoms with Gasteiger partial charge in [0.25, 0.3) is 0 Å². The third-order valence-corrected chi connectivity index (χ3v) is 2.83. The number of nitrogens with one attached hydrogen (secondary N) is 1. The van der Waals surface area contributed by atoms with E-state index < -0.39 is 0 Å². The molecule has 1 aliphatic rings. The van der Waals surface area contributed by atoms with Gasteiger partial charge in [0.2, 0.25) is 0 Å². The average Bonchev–Trinajstić information content (AvgIpc) is 2.30. The largest absolute Gasteiger partial charge is 0.366 e. The minimum atomic E-state index is 0.520. The molecule has 78 valence electrons. The minimum Gasteiger partial charge on any atom is -0.366 e. The van der Waals surface area contributed by atoms with Gasteiger partial charge in [-0.25, -0.2) is 0 Å². The molecule has 1 aliphatic heterocycles. The highest BCUT2D eigenvalue weighted by Gasteiger charge is 2.17. The first kappa shape index (κ1) is 10.0. The highest BCUT2D eigenvalue weighted by Crippen LogP contribution is 2.18.